The quantitative estimate of drug-likeness (QED) is 0.705. The number of amides is 1. The normalized spacial score (nSPS) is 15.7. The SMILES string of the molecule is CCCCC(CC)CNC(=O)C(C)(C#N)CC. The highest BCUT2D eigenvalue weighted by molar-refractivity contribution is 5.84. The highest BCUT2D eigenvalue weighted by Crippen LogP contribution is 2.20. The molecule has 1 N–H and O–H groups in total. The third kappa shape index (κ3) is 5.21. The Bertz CT molecular complexity index is 270. The molecule has 2 unspecified atom stereocenters. The third-order valence-corrected chi connectivity index (χ3v) is 3.55. The second kappa shape index (κ2) is 8.11. The maximum absolute atomic E-state index is 11.9. The molecular formula is C14H26N2O. The van der Waals surface area contributed by atoms with Gasteiger partial charge >= 0.3 is 0 Å². The zero-order chi connectivity index (χ0) is 13.3. The van der Waals surface area contributed by atoms with Crippen LogP contribution in [0.5, 0.6) is 0 Å². The molecule has 0 aromatic rings. The molecule has 0 aromatic heterocycles. The van der Waals surface area contributed by atoms with Gasteiger partial charge in [0.2, 0.25) is 5.91 Å². The van der Waals surface area contributed by atoms with Gasteiger partial charge in [0.1, 0.15) is 5.41 Å². The Morgan fingerprint density at radius 3 is 2.47 bits per heavy atom. The van der Waals surface area contributed by atoms with E-state index in [-0.39, 0.29) is 5.91 Å². The van der Waals surface area contributed by atoms with Crippen molar-refractivity contribution in [2.75, 3.05) is 6.54 Å². The van der Waals surface area contributed by atoms with Crippen molar-refractivity contribution in [1.82, 2.24) is 5.32 Å². The zero-order valence-electron chi connectivity index (χ0n) is 11.7. The number of nitrogens with one attached hydrogen (secondary N) is 1. The first-order chi connectivity index (χ1) is 8.03. The molecule has 0 bridgehead atoms. The second-order valence-corrected chi connectivity index (χ2v) is 4.92. The number of carbonyl (C=O) groups is 1. The van der Waals surface area contributed by atoms with Gasteiger partial charge < -0.3 is 5.32 Å². The van der Waals surface area contributed by atoms with Crippen LogP contribution in [0.1, 0.15) is 59.8 Å². The molecule has 2 atom stereocenters. The Morgan fingerprint density at radius 1 is 1.41 bits per heavy atom. The fraction of sp³-hybridized carbons (Fsp3) is 0.857. The first-order valence-electron chi connectivity index (χ1n) is 6.73. The summed E-state index contributed by atoms with van der Waals surface area (Å²) in [6.45, 7) is 8.60. The molecule has 0 aromatic carbocycles. The first-order valence-corrected chi connectivity index (χ1v) is 6.73. The van der Waals surface area contributed by atoms with Gasteiger partial charge in [0, 0.05) is 6.54 Å². The molecule has 0 spiro atoms. The molecule has 0 saturated carbocycles. The number of hydrogen-bond acceptors (Lipinski definition) is 2. The van der Waals surface area contributed by atoms with Crippen LogP contribution >= 0.6 is 0 Å². The molecule has 0 aliphatic carbocycles. The van der Waals surface area contributed by atoms with E-state index in [9.17, 15) is 4.79 Å². The highest BCUT2D eigenvalue weighted by atomic mass is 16.2. The van der Waals surface area contributed by atoms with Gasteiger partial charge in [-0.25, -0.2) is 0 Å². The van der Waals surface area contributed by atoms with E-state index in [1.165, 1.54) is 12.8 Å². The lowest BCUT2D eigenvalue weighted by Crippen LogP contribution is -2.39. The van der Waals surface area contributed by atoms with E-state index in [0.717, 1.165) is 12.8 Å². The first kappa shape index (κ1) is 16.0. The van der Waals surface area contributed by atoms with Gasteiger partial charge in [0.05, 0.1) is 6.07 Å². The molecule has 1 amide bonds. The van der Waals surface area contributed by atoms with Crippen LogP contribution in [-0.2, 0) is 4.79 Å². The molecule has 0 fully saturated rings. The summed E-state index contributed by atoms with van der Waals surface area (Å²) in [6.07, 6.45) is 5.19. The summed E-state index contributed by atoms with van der Waals surface area (Å²) in [5.41, 5.74) is -0.872. The molecule has 0 rings (SSSR count). The molecule has 0 aliphatic rings. The van der Waals surface area contributed by atoms with E-state index in [0.29, 0.717) is 18.9 Å². The average molecular weight is 238 g/mol. The Labute approximate surface area is 106 Å². The van der Waals surface area contributed by atoms with E-state index < -0.39 is 5.41 Å². The van der Waals surface area contributed by atoms with Crippen LogP contribution in [0.3, 0.4) is 0 Å². The number of carbonyl (C=O) groups excluding carboxylic acids is 1. The van der Waals surface area contributed by atoms with Crippen molar-refractivity contribution in [2.24, 2.45) is 11.3 Å². The van der Waals surface area contributed by atoms with Gasteiger partial charge in [-0.2, -0.15) is 5.26 Å². The van der Waals surface area contributed by atoms with E-state index in [2.05, 4.69) is 25.2 Å². The summed E-state index contributed by atoms with van der Waals surface area (Å²) in [6, 6.07) is 2.10. The fourth-order valence-electron chi connectivity index (χ4n) is 1.67. The van der Waals surface area contributed by atoms with Crippen molar-refractivity contribution in [3.8, 4) is 6.07 Å². The number of nitriles is 1. The number of hydrogen-bond donors (Lipinski definition) is 1. The standard InChI is InChI=1S/C14H26N2O/c1-5-8-9-12(6-2)10-16-13(17)14(4,7-3)11-15/h12H,5-10H2,1-4H3,(H,16,17). The summed E-state index contributed by atoms with van der Waals surface area (Å²) in [4.78, 5) is 11.9. The second-order valence-electron chi connectivity index (χ2n) is 4.92. The van der Waals surface area contributed by atoms with Crippen molar-refractivity contribution in [1.29, 1.82) is 5.26 Å². The summed E-state index contributed by atoms with van der Waals surface area (Å²) >= 11 is 0. The van der Waals surface area contributed by atoms with E-state index in [4.69, 9.17) is 5.26 Å². The molecule has 0 aliphatic heterocycles. The minimum atomic E-state index is -0.872. The van der Waals surface area contributed by atoms with Crippen molar-refractivity contribution in [3.63, 3.8) is 0 Å². The van der Waals surface area contributed by atoms with Gasteiger partial charge in [-0.1, -0.05) is 40.0 Å². The zero-order valence-corrected chi connectivity index (χ0v) is 11.7. The van der Waals surface area contributed by atoms with Crippen molar-refractivity contribution in [3.05, 3.63) is 0 Å². The maximum Gasteiger partial charge on any atom is 0.240 e. The van der Waals surface area contributed by atoms with Crippen molar-refractivity contribution >= 4 is 5.91 Å². The lowest BCUT2D eigenvalue weighted by molar-refractivity contribution is -0.127. The van der Waals surface area contributed by atoms with Gasteiger partial charge in [-0.3, -0.25) is 4.79 Å². The predicted molar refractivity (Wildman–Crippen MR) is 70.3 cm³/mol. The summed E-state index contributed by atoms with van der Waals surface area (Å²) < 4.78 is 0. The molecule has 3 nitrogen and oxygen atoms in total. The average Bonchev–Trinajstić information content (AvgIpc) is 2.37. The molecule has 0 heterocycles. The van der Waals surface area contributed by atoms with Crippen LogP contribution < -0.4 is 5.32 Å². The number of unbranched alkanes of at least 4 members (excludes halogenated alkanes) is 1. The maximum atomic E-state index is 11.9. The van der Waals surface area contributed by atoms with Crippen LogP contribution in [0.2, 0.25) is 0 Å². The van der Waals surface area contributed by atoms with E-state index >= 15 is 0 Å². The van der Waals surface area contributed by atoms with Crippen LogP contribution in [0.4, 0.5) is 0 Å². The monoisotopic (exact) mass is 238 g/mol. The Hall–Kier alpha value is -1.04. The lowest BCUT2D eigenvalue weighted by Gasteiger charge is -2.21. The third-order valence-electron chi connectivity index (χ3n) is 3.55. The van der Waals surface area contributed by atoms with E-state index in [1.54, 1.807) is 6.92 Å². The molecule has 17 heavy (non-hydrogen) atoms. The smallest absolute Gasteiger partial charge is 0.240 e. The van der Waals surface area contributed by atoms with E-state index in [1.807, 2.05) is 6.92 Å². The van der Waals surface area contributed by atoms with Crippen molar-refractivity contribution in [2.45, 2.75) is 59.8 Å². The van der Waals surface area contributed by atoms with Gasteiger partial charge in [-0.05, 0) is 25.7 Å². The summed E-state index contributed by atoms with van der Waals surface area (Å²) in [5.74, 6) is 0.413. The Kier molecular flexibility index (Phi) is 7.61. The molecular weight excluding hydrogens is 212 g/mol. The largest absolute Gasteiger partial charge is 0.354 e. The van der Waals surface area contributed by atoms with Gasteiger partial charge in [-0.15, -0.1) is 0 Å². The Balaban J connectivity index is 4.17. The fourth-order valence-corrected chi connectivity index (χ4v) is 1.67. The summed E-state index contributed by atoms with van der Waals surface area (Å²) in [5, 5.41) is 11.9. The minimum absolute atomic E-state index is 0.127. The minimum Gasteiger partial charge on any atom is -0.354 e. The number of rotatable bonds is 8. The topological polar surface area (TPSA) is 52.9 Å². The van der Waals surface area contributed by atoms with Crippen LogP contribution in [-0.4, -0.2) is 12.5 Å². The summed E-state index contributed by atoms with van der Waals surface area (Å²) in [7, 11) is 0. The Morgan fingerprint density at radius 2 is 2.06 bits per heavy atom. The molecule has 98 valence electrons. The van der Waals surface area contributed by atoms with Gasteiger partial charge in [0.15, 0.2) is 0 Å². The van der Waals surface area contributed by atoms with Crippen molar-refractivity contribution < 1.29 is 4.79 Å². The molecule has 0 radical (unpaired) electrons. The number of nitrogens with zero attached hydrogens (tertiary/aromatic N) is 1. The van der Waals surface area contributed by atoms with Crippen LogP contribution in [0.25, 0.3) is 0 Å². The molecule has 0 saturated heterocycles. The molecule has 3 heteroatoms. The van der Waals surface area contributed by atoms with Crippen LogP contribution in [0, 0.1) is 22.7 Å². The lowest BCUT2D eigenvalue weighted by atomic mass is 9.88. The highest BCUT2D eigenvalue weighted by Gasteiger charge is 2.31. The van der Waals surface area contributed by atoms with Gasteiger partial charge in [0.25, 0.3) is 0 Å². The van der Waals surface area contributed by atoms with Crippen LogP contribution in [0.15, 0.2) is 0 Å². The predicted octanol–water partition coefficient (Wildman–Crippen LogP) is 3.26.